The molecule has 1 aromatic heterocycles. The molecule has 1 N–H and O–H groups in total. The highest BCUT2D eigenvalue weighted by Crippen LogP contribution is 2.19. The van der Waals surface area contributed by atoms with Crippen LogP contribution in [0.2, 0.25) is 0 Å². The van der Waals surface area contributed by atoms with Crippen LogP contribution in [0, 0.1) is 5.82 Å². The normalized spacial score (nSPS) is 10.8. The van der Waals surface area contributed by atoms with Crippen LogP contribution in [0.15, 0.2) is 12.3 Å². The van der Waals surface area contributed by atoms with Gasteiger partial charge in [-0.3, -0.25) is 0 Å². The van der Waals surface area contributed by atoms with Gasteiger partial charge in [-0.15, -0.1) is 0 Å². The fourth-order valence-corrected chi connectivity index (χ4v) is 1.94. The van der Waals surface area contributed by atoms with E-state index in [1.807, 2.05) is 4.90 Å². The smallest absolute Gasteiger partial charge is 0.170 e. The van der Waals surface area contributed by atoms with Gasteiger partial charge >= 0.3 is 0 Å². The van der Waals surface area contributed by atoms with Crippen molar-refractivity contribution in [3.63, 3.8) is 0 Å². The Morgan fingerprint density at radius 1 is 1.25 bits per heavy atom. The number of pyridine rings is 1. The van der Waals surface area contributed by atoms with Crippen molar-refractivity contribution in [3.05, 3.63) is 23.6 Å². The summed E-state index contributed by atoms with van der Waals surface area (Å²) in [6, 6.07) is 1.69. The molecule has 0 atom stereocenters. The van der Waals surface area contributed by atoms with Crippen LogP contribution in [0.3, 0.4) is 0 Å². The molecule has 1 heterocycles. The van der Waals surface area contributed by atoms with E-state index in [4.69, 9.17) is 9.47 Å². The van der Waals surface area contributed by atoms with Gasteiger partial charge in [-0.2, -0.15) is 0 Å². The van der Waals surface area contributed by atoms with Crippen molar-refractivity contribution in [1.29, 1.82) is 0 Å². The van der Waals surface area contributed by atoms with Gasteiger partial charge in [0, 0.05) is 52.2 Å². The van der Waals surface area contributed by atoms with E-state index in [0.717, 1.165) is 6.42 Å². The van der Waals surface area contributed by atoms with Crippen molar-refractivity contribution >= 4 is 5.82 Å². The van der Waals surface area contributed by atoms with Crippen LogP contribution in [0.25, 0.3) is 0 Å². The summed E-state index contributed by atoms with van der Waals surface area (Å²) in [7, 11) is 5.08. The van der Waals surface area contributed by atoms with Crippen molar-refractivity contribution in [3.8, 4) is 0 Å². The summed E-state index contributed by atoms with van der Waals surface area (Å²) < 4.78 is 24.6. The number of nitrogens with one attached hydrogen (secondary N) is 1. The monoisotopic (exact) mass is 285 g/mol. The third kappa shape index (κ3) is 5.03. The number of hydrogen-bond donors (Lipinski definition) is 1. The number of anilines is 1. The second-order valence-corrected chi connectivity index (χ2v) is 4.46. The summed E-state index contributed by atoms with van der Waals surface area (Å²) in [5.74, 6) is 0.112. The van der Waals surface area contributed by atoms with Crippen LogP contribution in [0.1, 0.15) is 12.0 Å². The predicted molar refractivity (Wildman–Crippen MR) is 77.5 cm³/mol. The standard InChI is InChI=1S/C14H24FN3O2/c1-16-11-12-5-6-17-14(13(12)15)18(8-10-20-3)7-4-9-19-2/h5-6,16H,4,7-11H2,1-3H3. The molecule has 20 heavy (non-hydrogen) atoms. The Bertz CT molecular complexity index is 391. The van der Waals surface area contributed by atoms with Crippen LogP contribution in [-0.2, 0) is 16.0 Å². The van der Waals surface area contributed by atoms with Crippen molar-refractivity contribution < 1.29 is 13.9 Å². The van der Waals surface area contributed by atoms with Crippen molar-refractivity contribution in [2.45, 2.75) is 13.0 Å². The maximum atomic E-state index is 14.4. The lowest BCUT2D eigenvalue weighted by Crippen LogP contribution is -2.31. The first-order valence-electron chi connectivity index (χ1n) is 6.75. The van der Waals surface area contributed by atoms with Gasteiger partial charge in [0.15, 0.2) is 11.6 Å². The molecule has 0 bridgehead atoms. The number of methoxy groups -OCH3 is 2. The van der Waals surface area contributed by atoms with Crippen LogP contribution in [0.5, 0.6) is 0 Å². The highest BCUT2D eigenvalue weighted by molar-refractivity contribution is 5.43. The summed E-state index contributed by atoms with van der Waals surface area (Å²) in [6.45, 7) is 2.94. The van der Waals surface area contributed by atoms with Gasteiger partial charge in [0.2, 0.25) is 0 Å². The van der Waals surface area contributed by atoms with E-state index in [9.17, 15) is 4.39 Å². The number of rotatable bonds is 10. The zero-order valence-corrected chi connectivity index (χ0v) is 12.5. The largest absolute Gasteiger partial charge is 0.385 e. The van der Waals surface area contributed by atoms with Gasteiger partial charge < -0.3 is 19.7 Å². The van der Waals surface area contributed by atoms with E-state index in [2.05, 4.69) is 10.3 Å². The predicted octanol–water partition coefficient (Wildman–Crippen LogP) is 1.43. The summed E-state index contributed by atoms with van der Waals surface area (Å²) in [6.07, 6.45) is 2.46. The zero-order chi connectivity index (χ0) is 14.8. The molecule has 0 aliphatic rings. The Hall–Kier alpha value is -1.24. The number of halogens is 1. The molecule has 6 heteroatoms. The van der Waals surface area contributed by atoms with Crippen LogP contribution in [-0.4, -0.2) is 52.6 Å². The van der Waals surface area contributed by atoms with E-state index < -0.39 is 0 Å². The SMILES string of the molecule is CNCc1ccnc(N(CCCOC)CCOC)c1F. The summed E-state index contributed by atoms with van der Waals surface area (Å²) in [5.41, 5.74) is 0.617. The molecular weight excluding hydrogens is 261 g/mol. The minimum absolute atomic E-state index is 0.268. The van der Waals surface area contributed by atoms with Crippen molar-refractivity contribution in [1.82, 2.24) is 10.3 Å². The lowest BCUT2D eigenvalue weighted by atomic mass is 10.2. The van der Waals surface area contributed by atoms with E-state index in [0.29, 0.717) is 44.2 Å². The average Bonchev–Trinajstić information content (AvgIpc) is 2.46. The molecule has 0 amide bonds. The summed E-state index contributed by atoms with van der Waals surface area (Å²) in [4.78, 5) is 6.08. The molecule has 0 aliphatic carbocycles. The van der Waals surface area contributed by atoms with Gasteiger partial charge in [-0.05, 0) is 19.5 Å². The Morgan fingerprint density at radius 2 is 2.00 bits per heavy atom. The highest BCUT2D eigenvalue weighted by atomic mass is 19.1. The molecule has 1 aromatic rings. The second kappa shape index (κ2) is 9.63. The Balaban J connectivity index is 2.84. The van der Waals surface area contributed by atoms with Gasteiger partial charge in [0.05, 0.1) is 6.61 Å². The molecule has 5 nitrogen and oxygen atoms in total. The maximum absolute atomic E-state index is 14.4. The summed E-state index contributed by atoms with van der Waals surface area (Å²) >= 11 is 0. The Morgan fingerprint density at radius 3 is 2.65 bits per heavy atom. The molecule has 0 spiro atoms. The van der Waals surface area contributed by atoms with Gasteiger partial charge in [0.25, 0.3) is 0 Å². The van der Waals surface area contributed by atoms with Crippen LogP contribution < -0.4 is 10.2 Å². The fourth-order valence-electron chi connectivity index (χ4n) is 1.94. The van der Waals surface area contributed by atoms with E-state index in [1.165, 1.54) is 0 Å². The minimum atomic E-state index is -0.268. The van der Waals surface area contributed by atoms with E-state index in [-0.39, 0.29) is 5.82 Å². The van der Waals surface area contributed by atoms with Crippen LogP contribution in [0.4, 0.5) is 10.2 Å². The molecule has 0 unspecified atom stereocenters. The first kappa shape index (κ1) is 16.8. The van der Waals surface area contributed by atoms with E-state index >= 15 is 0 Å². The molecular formula is C14H24FN3O2. The lowest BCUT2D eigenvalue weighted by Gasteiger charge is -2.24. The van der Waals surface area contributed by atoms with Gasteiger partial charge in [0.1, 0.15) is 0 Å². The van der Waals surface area contributed by atoms with E-state index in [1.54, 1.807) is 33.5 Å². The molecule has 0 aromatic carbocycles. The molecule has 0 saturated heterocycles. The topological polar surface area (TPSA) is 46.6 Å². The zero-order valence-electron chi connectivity index (χ0n) is 12.5. The third-order valence-electron chi connectivity index (χ3n) is 2.96. The number of hydrogen-bond acceptors (Lipinski definition) is 5. The first-order chi connectivity index (χ1) is 9.74. The maximum Gasteiger partial charge on any atom is 0.170 e. The Labute approximate surface area is 120 Å². The van der Waals surface area contributed by atoms with Crippen molar-refractivity contribution in [2.75, 3.05) is 52.5 Å². The highest BCUT2D eigenvalue weighted by Gasteiger charge is 2.15. The van der Waals surface area contributed by atoms with Gasteiger partial charge in [-0.1, -0.05) is 0 Å². The van der Waals surface area contributed by atoms with Crippen molar-refractivity contribution in [2.24, 2.45) is 0 Å². The minimum Gasteiger partial charge on any atom is -0.385 e. The van der Waals surface area contributed by atoms with Crippen LogP contribution >= 0.6 is 0 Å². The quantitative estimate of drug-likeness (QED) is 0.659. The molecule has 114 valence electrons. The second-order valence-electron chi connectivity index (χ2n) is 4.46. The molecule has 0 saturated carbocycles. The molecule has 0 fully saturated rings. The Kier molecular flexibility index (Phi) is 8.10. The number of nitrogens with zero attached hydrogens (tertiary/aromatic N) is 2. The molecule has 0 radical (unpaired) electrons. The van der Waals surface area contributed by atoms with Gasteiger partial charge in [-0.25, -0.2) is 9.37 Å². The number of aromatic nitrogens is 1. The molecule has 1 rings (SSSR count). The summed E-state index contributed by atoms with van der Waals surface area (Å²) in [5, 5.41) is 2.96. The number of ether oxygens (including phenoxy) is 2. The fraction of sp³-hybridized carbons (Fsp3) is 0.643. The third-order valence-corrected chi connectivity index (χ3v) is 2.96. The first-order valence-corrected chi connectivity index (χ1v) is 6.75. The molecule has 0 aliphatic heterocycles. The lowest BCUT2D eigenvalue weighted by molar-refractivity contribution is 0.190. The average molecular weight is 285 g/mol.